The molecule has 15 nitrogen and oxygen atoms in total. The fourth-order valence-corrected chi connectivity index (χ4v) is 5.77. The Morgan fingerprint density at radius 2 is 1.88 bits per heavy atom. The Balaban J connectivity index is 1.38. The minimum atomic E-state index is -0.810. The summed E-state index contributed by atoms with van der Waals surface area (Å²) in [5.41, 5.74) is 0.361. The van der Waals surface area contributed by atoms with Gasteiger partial charge in [-0.2, -0.15) is 10.4 Å². The average Bonchev–Trinajstić information content (AvgIpc) is 3.75. The second-order valence-corrected chi connectivity index (χ2v) is 12.7. The zero-order valence-corrected chi connectivity index (χ0v) is 27.6. The number of nitrogens with one attached hydrogen (secondary N) is 1. The first-order valence-electron chi connectivity index (χ1n) is 15.6. The Bertz CT molecular complexity index is 1860. The van der Waals surface area contributed by atoms with E-state index in [9.17, 15) is 24.8 Å². The lowest BCUT2D eigenvalue weighted by Crippen LogP contribution is -2.50. The molecule has 0 bridgehead atoms. The van der Waals surface area contributed by atoms with Crippen LogP contribution in [-0.2, 0) is 18.3 Å². The van der Waals surface area contributed by atoms with Gasteiger partial charge in [0, 0.05) is 57.8 Å². The third kappa shape index (κ3) is 7.55. The highest BCUT2D eigenvalue weighted by molar-refractivity contribution is 6.04. The first kappa shape index (κ1) is 33.9. The standard InChI is InChI=1S/C33H39N9O6/c1-21(29-38-27(28(43)31(45)39(29)5)30(44)37-24-18-36-47-20-24)26(25-9-7-6-8-22(25)16-34)23-17-35-42(19-23)15-12-40-10-13-41(14-11-40)32(46)48-33(2,3)4/h6-9,17-21,26,43H,10-15H2,1-5H3,(H,37,44). The molecule has 1 aromatic carbocycles. The van der Waals surface area contributed by atoms with Crippen molar-refractivity contribution in [2.45, 2.75) is 51.7 Å². The van der Waals surface area contributed by atoms with Crippen LogP contribution in [0.3, 0.4) is 0 Å². The Morgan fingerprint density at radius 1 is 1.15 bits per heavy atom. The number of carbonyl (C=O) groups is 2. The van der Waals surface area contributed by atoms with Crippen molar-refractivity contribution in [2.24, 2.45) is 7.05 Å². The lowest BCUT2D eigenvalue weighted by molar-refractivity contribution is 0.0142. The molecule has 1 fully saturated rings. The Labute approximate surface area is 277 Å². The number of benzene rings is 1. The number of ether oxygens (including phenoxy) is 1. The van der Waals surface area contributed by atoms with Gasteiger partial charge in [0.1, 0.15) is 23.4 Å². The maximum Gasteiger partial charge on any atom is 0.410 e. The van der Waals surface area contributed by atoms with Crippen LogP contribution >= 0.6 is 0 Å². The maximum atomic E-state index is 13.2. The molecule has 0 radical (unpaired) electrons. The molecule has 3 aromatic heterocycles. The molecule has 15 heteroatoms. The quantitative estimate of drug-likeness (QED) is 0.269. The Hall–Kier alpha value is -5.49. The van der Waals surface area contributed by atoms with Crippen LogP contribution in [0, 0.1) is 11.3 Å². The highest BCUT2D eigenvalue weighted by Crippen LogP contribution is 2.39. The van der Waals surface area contributed by atoms with E-state index in [1.807, 2.05) is 50.7 Å². The molecule has 252 valence electrons. The molecule has 2 atom stereocenters. The summed E-state index contributed by atoms with van der Waals surface area (Å²) in [4.78, 5) is 47.1. The van der Waals surface area contributed by atoms with Crippen LogP contribution < -0.4 is 10.9 Å². The molecule has 4 aromatic rings. The van der Waals surface area contributed by atoms with Gasteiger partial charge in [0.15, 0.2) is 5.69 Å². The molecule has 1 aliphatic heterocycles. The molecular weight excluding hydrogens is 618 g/mol. The van der Waals surface area contributed by atoms with Crippen molar-refractivity contribution in [1.29, 1.82) is 5.26 Å². The molecule has 0 saturated carbocycles. The number of rotatable bonds is 9. The third-order valence-electron chi connectivity index (χ3n) is 8.21. The lowest BCUT2D eigenvalue weighted by atomic mass is 9.80. The van der Waals surface area contributed by atoms with Gasteiger partial charge in [0.25, 0.3) is 11.5 Å². The number of aromatic nitrogens is 5. The number of nitrogens with zero attached hydrogens (tertiary/aromatic N) is 8. The van der Waals surface area contributed by atoms with E-state index in [0.717, 1.165) is 5.56 Å². The van der Waals surface area contributed by atoms with Crippen LogP contribution in [0.5, 0.6) is 5.75 Å². The summed E-state index contributed by atoms with van der Waals surface area (Å²) in [5, 5.41) is 31.3. The number of nitriles is 1. The van der Waals surface area contributed by atoms with E-state index in [-0.39, 0.29) is 17.6 Å². The van der Waals surface area contributed by atoms with Gasteiger partial charge in [-0.05, 0) is 38.0 Å². The van der Waals surface area contributed by atoms with Crippen LogP contribution in [-0.4, -0.2) is 89.7 Å². The van der Waals surface area contributed by atoms with Crippen molar-refractivity contribution in [2.75, 3.05) is 38.0 Å². The Kier molecular flexibility index (Phi) is 9.95. The van der Waals surface area contributed by atoms with Crippen LogP contribution in [0.25, 0.3) is 0 Å². The van der Waals surface area contributed by atoms with E-state index in [0.29, 0.717) is 50.4 Å². The smallest absolute Gasteiger partial charge is 0.410 e. The zero-order chi connectivity index (χ0) is 34.6. The number of hydrogen-bond donors (Lipinski definition) is 2. The summed E-state index contributed by atoms with van der Waals surface area (Å²) >= 11 is 0. The number of anilines is 1. The topological polar surface area (TPSA) is 185 Å². The van der Waals surface area contributed by atoms with Gasteiger partial charge >= 0.3 is 6.09 Å². The first-order chi connectivity index (χ1) is 22.9. The minimum Gasteiger partial charge on any atom is -0.501 e. The van der Waals surface area contributed by atoms with E-state index in [1.54, 1.807) is 23.2 Å². The van der Waals surface area contributed by atoms with Gasteiger partial charge in [-0.3, -0.25) is 23.7 Å². The summed E-state index contributed by atoms with van der Waals surface area (Å²) in [6, 6.07) is 9.43. The predicted molar refractivity (Wildman–Crippen MR) is 173 cm³/mol. The fourth-order valence-electron chi connectivity index (χ4n) is 5.77. The highest BCUT2D eigenvalue weighted by atomic mass is 16.6. The predicted octanol–water partition coefficient (Wildman–Crippen LogP) is 3.28. The second kappa shape index (κ2) is 14.1. The summed E-state index contributed by atoms with van der Waals surface area (Å²) < 4.78 is 13.3. The normalized spacial score (nSPS) is 15.0. The van der Waals surface area contributed by atoms with Gasteiger partial charge in [0.05, 0.1) is 30.6 Å². The monoisotopic (exact) mass is 657 g/mol. The first-order valence-corrected chi connectivity index (χ1v) is 15.6. The number of piperazine rings is 1. The van der Waals surface area contributed by atoms with Crippen molar-refractivity contribution in [3.8, 4) is 11.8 Å². The van der Waals surface area contributed by atoms with Gasteiger partial charge < -0.3 is 24.6 Å². The highest BCUT2D eigenvalue weighted by Gasteiger charge is 2.32. The molecule has 2 unspecified atom stereocenters. The van der Waals surface area contributed by atoms with E-state index in [2.05, 4.69) is 31.5 Å². The minimum absolute atomic E-state index is 0.224. The van der Waals surface area contributed by atoms with Gasteiger partial charge in [0.2, 0.25) is 5.75 Å². The third-order valence-corrected chi connectivity index (χ3v) is 8.21. The largest absolute Gasteiger partial charge is 0.501 e. The average molecular weight is 658 g/mol. The molecule has 1 saturated heterocycles. The van der Waals surface area contributed by atoms with Crippen molar-refractivity contribution >= 4 is 17.7 Å². The fraction of sp³-hybridized carbons (Fsp3) is 0.424. The van der Waals surface area contributed by atoms with E-state index < -0.39 is 40.3 Å². The van der Waals surface area contributed by atoms with Crippen LogP contribution in [0.4, 0.5) is 10.5 Å². The molecule has 1 aliphatic rings. The summed E-state index contributed by atoms with van der Waals surface area (Å²) in [5.74, 6) is -2.43. The summed E-state index contributed by atoms with van der Waals surface area (Å²) in [6.45, 7) is 11.2. The molecule has 5 rings (SSSR count). The van der Waals surface area contributed by atoms with Gasteiger partial charge in [-0.15, -0.1) is 0 Å². The summed E-state index contributed by atoms with van der Waals surface area (Å²) in [7, 11) is 1.47. The molecule has 2 amide bonds. The molecule has 2 N–H and O–H groups in total. The summed E-state index contributed by atoms with van der Waals surface area (Å²) in [6.07, 6.45) is 5.81. The van der Waals surface area contributed by atoms with E-state index >= 15 is 0 Å². The van der Waals surface area contributed by atoms with Crippen molar-refractivity contribution < 1.29 is 24.0 Å². The van der Waals surface area contributed by atoms with Crippen LogP contribution in [0.15, 0.2) is 58.4 Å². The lowest BCUT2D eigenvalue weighted by Gasteiger charge is -2.35. The molecule has 0 spiro atoms. The second-order valence-electron chi connectivity index (χ2n) is 12.7. The molecule has 4 heterocycles. The molecule has 0 aliphatic carbocycles. The van der Waals surface area contributed by atoms with E-state index in [1.165, 1.54) is 24.1 Å². The SMILES string of the molecule is CC(c1nc(C(=O)Nc2cnoc2)c(O)c(=O)n1C)C(c1cnn(CCN2CCN(C(=O)OC(C)(C)C)CC2)c1)c1ccccc1C#N. The number of carbonyl (C=O) groups excluding carboxylic acids is 2. The van der Waals surface area contributed by atoms with Gasteiger partial charge in [-0.1, -0.05) is 30.3 Å². The zero-order valence-electron chi connectivity index (χ0n) is 27.6. The van der Waals surface area contributed by atoms with Crippen LogP contribution in [0.1, 0.15) is 72.5 Å². The molecular formula is C33H39N9O6. The van der Waals surface area contributed by atoms with Crippen molar-refractivity contribution in [1.82, 2.24) is 34.3 Å². The number of aromatic hydroxyl groups is 1. The number of amides is 2. The number of hydrogen-bond acceptors (Lipinski definition) is 11. The van der Waals surface area contributed by atoms with Gasteiger partial charge in [-0.25, -0.2) is 9.78 Å². The molecule has 48 heavy (non-hydrogen) atoms. The van der Waals surface area contributed by atoms with Crippen molar-refractivity contribution in [3.05, 3.63) is 87.7 Å². The maximum absolute atomic E-state index is 13.2. The Morgan fingerprint density at radius 3 is 2.54 bits per heavy atom. The van der Waals surface area contributed by atoms with E-state index in [4.69, 9.17) is 9.26 Å². The van der Waals surface area contributed by atoms with Crippen molar-refractivity contribution in [3.63, 3.8) is 0 Å². The van der Waals surface area contributed by atoms with Crippen LogP contribution in [0.2, 0.25) is 0 Å².